The molecule has 0 aliphatic heterocycles. The molecular weight excluding hydrogens is 275 g/mol. The second-order valence-electron chi connectivity index (χ2n) is 3.74. The van der Waals surface area contributed by atoms with Crippen molar-refractivity contribution in [2.24, 2.45) is 0 Å². The van der Waals surface area contributed by atoms with Crippen LogP contribution in [0.15, 0.2) is 18.2 Å². The van der Waals surface area contributed by atoms with Crippen molar-refractivity contribution in [3.05, 3.63) is 39.7 Å². The summed E-state index contributed by atoms with van der Waals surface area (Å²) >= 11 is 0. The van der Waals surface area contributed by atoms with Crippen molar-refractivity contribution in [3.63, 3.8) is 0 Å². The lowest BCUT2D eigenvalue weighted by Crippen LogP contribution is -2.44. The molecule has 0 saturated carbocycles. The number of nitrogens with zero attached hydrogens (tertiary/aromatic N) is 1. The molecule has 1 unspecified atom stereocenters. The van der Waals surface area contributed by atoms with Crippen LogP contribution in [0, 0.1) is 15.9 Å². The van der Waals surface area contributed by atoms with E-state index in [1.807, 2.05) is 5.32 Å². The second kappa shape index (κ2) is 6.57. The average molecular weight is 286 g/mol. The van der Waals surface area contributed by atoms with E-state index in [4.69, 9.17) is 5.11 Å². The number of carboxylic acid groups (broad SMARTS) is 1. The first kappa shape index (κ1) is 15.5. The predicted molar refractivity (Wildman–Crippen MR) is 63.8 cm³/mol. The molecule has 2 N–H and O–H groups in total. The Hall–Kier alpha value is -2.55. The quantitative estimate of drug-likeness (QED) is 0.582. The number of aliphatic carboxylic acids is 1. The minimum Gasteiger partial charge on any atom is -0.480 e. The molecule has 0 bridgehead atoms. The van der Waals surface area contributed by atoms with E-state index in [0.29, 0.717) is 0 Å². The Morgan fingerprint density at radius 1 is 1.55 bits per heavy atom. The van der Waals surface area contributed by atoms with Crippen molar-refractivity contribution in [2.75, 3.05) is 13.7 Å². The Labute approximate surface area is 112 Å². The van der Waals surface area contributed by atoms with E-state index in [0.717, 1.165) is 18.2 Å². The first-order chi connectivity index (χ1) is 9.36. The lowest BCUT2D eigenvalue weighted by Gasteiger charge is -2.13. The summed E-state index contributed by atoms with van der Waals surface area (Å²) in [6.07, 6.45) is 0. The molecule has 8 nitrogen and oxygen atoms in total. The van der Waals surface area contributed by atoms with Gasteiger partial charge in [0, 0.05) is 19.2 Å². The highest BCUT2D eigenvalue weighted by atomic mass is 19.1. The number of benzene rings is 1. The van der Waals surface area contributed by atoms with Crippen LogP contribution in [-0.2, 0) is 9.53 Å². The maximum Gasteiger partial charge on any atom is 0.328 e. The third-order valence-corrected chi connectivity index (χ3v) is 2.34. The number of hydrogen-bond donors (Lipinski definition) is 2. The summed E-state index contributed by atoms with van der Waals surface area (Å²) in [6, 6.07) is 1.01. The molecule has 0 heterocycles. The SMILES string of the molecule is COCC(NC(=O)c1cc([N+](=O)[O-])ccc1F)C(=O)O. The predicted octanol–water partition coefficient (Wildman–Crippen LogP) is 0.563. The van der Waals surface area contributed by atoms with E-state index in [-0.39, 0.29) is 6.61 Å². The van der Waals surface area contributed by atoms with Gasteiger partial charge in [0.05, 0.1) is 17.1 Å². The van der Waals surface area contributed by atoms with Gasteiger partial charge in [-0.05, 0) is 6.07 Å². The Morgan fingerprint density at radius 2 is 2.20 bits per heavy atom. The first-order valence-electron chi connectivity index (χ1n) is 5.33. The molecule has 1 rings (SSSR count). The standard InChI is InChI=1S/C11H11FN2O6/c1-20-5-9(11(16)17)13-10(15)7-4-6(14(18)19)2-3-8(7)12/h2-4,9H,5H2,1H3,(H,13,15)(H,16,17). The topological polar surface area (TPSA) is 119 Å². The molecule has 0 aromatic heterocycles. The summed E-state index contributed by atoms with van der Waals surface area (Å²) in [4.78, 5) is 32.3. The number of nitrogens with one attached hydrogen (secondary N) is 1. The van der Waals surface area contributed by atoms with Gasteiger partial charge in [-0.15, -0.1) is 0 Å². The van der Waals surface area contributed by atoms with Crippen LogP contribution in [0.2, 0.25) is 0 Å². The van der Waals surface area contributed by atoms with Crippen molar-refractivity contribution >= 4 is 17.6 Å². The molecular formula is C11H11FN2O6. The lowest BCUT2D eigenvalue weighted by atomic mass is 10.1. The average Bonchev–Trinajstić information content (AvgIpc) is 2.38. The summed E-state index contributed by atoms with van der Waals surface area (Å²) in [7, 11) is 1.23. The molecule has 0 fully saturated rings. The molecule has 108 valence electrons. The van der Waals surface area contributed by atoms with Gasteiger partial charge in [0.25, 0.3) is 11.6 Å². The van der Waals surface area contributed by atoms with E-state index in [1.165, 1.54) is 7.11 Å². The van der Waals surface area contributed by atoms with Crippen molar-refractivity contribution in [3.8, 4) is 0 Å². The van der Waals surface area contributed by atoms with Crippen LogP contribution in [0.5, 0.6) is 0 Å². The van der Waals surface area contributed by atoms with E-state index in [9.17, 15) is 24.1 Å². The van der Waals surface area contributed by atoms with E-state index in [1.54, 1.807) is 0 Å². The number of nitro benzene ring substituents is 1. The van der Waals surface area contributed by atoms with Crippen molar-refractivity contribution in [1.82, 2.24) is 5.32 Å². The van der Waals surface area contributed by atoms with Gasteiger partial charge in [0.15, 0.2) is 6.04 Å². The Bertz CT molecular complexity index is 548. The van der Waals surface area contributed by atoms with Gasteiger partial charge in [-0.1, -0.05) is 0 Å². The number of halogens is 1. The van der Waals surface area contributed by atoms with Crippen LogP contribution in [-0.4, -0.2) is 41.7 Å². The highest BCUT2D eigenvalue weighted by Crippen LogP contribution is 2.16. The zero-order valence-corrected chi connectivity index (χ0v) is 10.3. The fourth-order valence-electron chi connectivity index (χ4n) is 1.38. The number of ether oxygens (including phenoxy) is 1. The number of carboxylic acids is 1. The van der Waals surface area contributed by atoms with Crippen LogP contribution in [0.4, 0.5) is 10.1 Å². The van der Waals surface area contributed by atoms with Crippen LogP contribution >= 0.6 is 0 Å². The molecule has 0 saturated heterocycles. The molecule has 0 aliphatic carbocycles. The lowest BCUT2D eigenvalue weighted by molar-refractivity contribution is -0.384. The molecule has 1 aromatic carbocycles. The van der Waals surface area contributed by atoms with Crippen molar-refractivity contribution in [2.45, 2.75) is 6.04 Å². The minimum atomic E-state index is -1.38. The number of amides is 1. The molecule has 0 spiro atoms. The number of carbonyl (C=O) groups is 2. The largest absolute Gasteiger partial charge is 0.480 e. The smallest absolute Gasteiger partial charge is 0.328 e. The van der Waals surface area contributed by atoms with Gasteiger partial charge in [0.1, 0.15) is 5.82 Å². The van der Waals surface area contributed by atoms with Gasteiger partial charge >= 0.3 is 5.97 Å². The second-order valence-corrected chi connectivity index (χ2v) is 3.74. The number of hydrogen-bond acceptors (Lipinski definition) is 5. The zero-order valence-electron chi connectivity index (χ0n) is 10.3. The van der Waals surface area contributed by atoms with Gasteiger partial charge in [-0.3, -0.25) is 14.9 Å². The fourth-order valence-corrected chi connectivity index (χ4v) is 1.38. The molecule has 1 aromatic rings. The number of methoxy groups -OCH3 is 1. The van der Waals surface area contributed by atoms with Gasteiger partial charge in [-0.2, -0.15) is 0 Å². The summed E-state index contributed by atoms with van der Waals surface area (Å²) in [6.45, 7) is -0.322. The Kier molecular flexibility index (Phi) is 5.09. The number of nitro groups is 1. The number of rotatable bonds is 6. The highest BCUT2D eigenvalue weighted by molar-refractivity contribution is 5.97. The van der Waals surface area contributed by atoms with Crippen LogP contribution in [0.1, 0.15) is 10.4 Å². The maximum absolute atomic E-state index is 13.5. The normalized spacial score (nSPS) is 11.7. The third-order valence-electron chi connectivity index (χ3n) is 2.34. The highest BCUT2D eigenvalue weighted by Gasteiger charge is 2.23. The minimum absolute atomic E-state index is 0.322. The van der Waals surface area contributed by atoms with E-state index < -0.39 is 39.9 Å². The number of carbonyl (C=O) groups excluding carboxylic acids is 1. The number of non-ortho nitro benzene ring substituents is 1. The van der Waals surface area contributed by atoms with Gasteiger partial charge in [0.2, 0.25) is 0 Å². The Balaban J connectivity index is 2.99. The molecule has 9 heteroatoms. The summed E-state index contributed by atoms with van der Waals surface area (Å²) < 4.78 is 18.1. The molecule has 1 atom stereocenters. The summed E-state index contributed by atoms with van der Waals surface area (Å²) in [5.41, 5.74) is -1.09. The summed E-state index contributed by atoms with van der Waals surface area (Å²) in [5.74, 6) is -3.43. The molecule has 1 amide bonds. The van der Waals surface area contributed by atoms with Crippen molar-refractivity contribution in [1.29, 1.82) is 0 Å². The van der Waals surface area contributed by atoms with Crippen LogP contribution in [0.3, 0.4) is 0 Å². The van der Waals surface area contributed by atoms with E-state index in [2.05, 4.69) is 4.74 Å². The maximum atomic E-state index is 13.5. The third kappa shape index (κ3) is 3.72. The summed E-state index contributed by atoms with van der Waals surface area (Å²) in [5, 5.41) is 21.4. The Morgan fingerprint density at radius 3 is 2.70 bits per heavy atom. The first-order valence-corrected chi connectivity index (χ1v) is 5.33. The van der Waals surface area contributed by atoms with Gasteiger partial charge in [-0.25, -0.2) is 9.18 Å². The molecule has 0 aliphatic rings. The van der Waals surface area contributed by atoms with Crippen molar-refractivity contribution < 1.29 is 28.7 Å². The van der Waals surface area contributed by atoms with Crippen LogP contribution in [0.25, 0.3) is 0 Å². The fraction of sp³-hybridized carbons (Fsp3) is 0.273. The van der Waals surface area contributed by atoms with Gasteiger partial charge < -0.3 is 15.2 Å². The molecule has 20 heavy (non-hydrogen) atoms. The monoisotopic (exact) mass is 286 g/mol. The molecule has 0 radical (unpaired) electrons. The van der Waals surface area contributed by atoms with E-state index >= 15 is 0 Å². The van der Waals surface area contributed by atoms with Crippen LogP contribution < -0.4 is 5.32 Å². The zero-order chi connectivity index (χ0) is 15.3.